The highest BCUT2D eigenvalue weighted by Crippen LogP contribution is 1.98. The Kier molecular flexibility index (Phi) is 6.49. The number of imidazole rings is 2. The van der Waals surface area contributed by atoms with Gasteiger partial charge in [-0.15, -0.1) is 0 Å². The zero-order valence-corrected chi connectivity index (χ0v) is 12.6. The summed E-state index contributed by atoms with van der Waals surface area (Å²) < 4.78 is 0. The Balaban J connectivity index is 1.57. The van der Waals surface area contributed by atoms with Crippen molar-refractivity contribution in [2.75, 3.05) is 6.54 Å². The Labute approximate surface area is 133 Å². The quantitative estimate of drug-likeness (QED) is 0.627. The molecule has 2 aromatic heterocycles. The third kappa shape index (κ3) is 6.54. The Morgan fingerprint density at radius 2 is 2.04 bits per heavy atom. The van der Waals surface area contributed by atoms with Gasteiger partial charge in [0.2, 0.25) is 5.91 Å². The van der Waals surface area contributed by atoms with Crippen molar-refractivity contribution in [1.29, 1.82) is 0 Å². The maximum atomic E-state index is 11.6. The lowest BCUT2D eigenvalue weighted by Gasteiger charge is -2.02. The standard InChI is InChI=1S/C15H18N6O2/c22-14(20-6-4-12-16-8-9-17-12)2-1-3-15(23)21-7-5-13-18-10-11-19-13/h4,8-11H,1-3,5,7H2,(H,16,17)(H,18,19)(H,21,23). The summed E-state index contributed by atoms with van der Waals surface area (Å²) in [4.78, 5) is 40.6. The molecule has 0 fully saturated rings. The first-order valence-electron chi connectivity index (χ1n) is 7.30. The van der Waals surface area contributed by atoms with Crippen molar-refractivity contribution >= 4 is 23.8 Å². The van der Waals surface area contributed by atoms with E-state index in [1.54, 1.807) is 24.8 Å². The van der Waals surface area contributed by atoms with Crippen LogP contribution in [0.15, 0.2) is 29.8 Å². The zero-order chi connectivity index (χ0) is 16.3. The minimum absolute atomic E-state index is 0.0838. The highest BCUT2D eigenvalue weighted by atomic mass is 16.2. The van der Waals surface area contributed by atoms with Crippen molar-refractivity contribution in [1.82, 2.24) is 25.3 Å². The van der Waals surface area contributed by atoms with Gasteiger partial charge in [-0.05, 0) is 12.3 Å². The molecule has 0 saturated heterocycles. The first-order valence-corrected chi connectivity index (χ1v) is 7.30. The largest absolute Gasteiger partial charge is 0.356 e. The Morgan fingerprint density at radius 3 is 2.78 bits per heavy atom. The lowest BCUT2D eigenvalue weighted by Crippen LogP contribution is -2.25. The molecule has 23 heavy (non-hydrogen) atoms. The van der Waals surface area contributed by atoms with Gasteiger partial charge in [0.15, 0.2) is 0 Å². The van der Waals surface area contributed by atoms with Gasteiger partial charge in [0.1, 0.15) is 11.6 Å². The van der Waals surface area contributed by atoms with Crippen LogP contribution >= 0.6 is 0 Å². The number of nitrogens with one attached hydrogen (secondary N) is 3. The molecule has 0 spiro atoms. The van der Waals surface area contributed by atoms with Gasteiger partial charge in [0, 0.05) is 56.7 Å². The fraction of sp³-hybridized carbons (Fsp3) is 0.333. The van der Waals surface area contributed by atoms with Gasteiger partial charge in [-0.3, -0.25) is 9.59 Å². The van der Waals surface area contributed by atoms with Gasteiger partial charge in [-0.1, -0.05) is 0 Å². The van der Waals surface area contributed by atoms with Crippen molar-refractivity contribution in [3.63, 3.8) is 0 Å². The number of carbonyl (C=O) groups is 2. The summed E-state index contributed by atoms with van der Waals surface area (Å²) >= 11 is 0. The molecule has 0 atom stereocenters. The van der Waals surface area contributed by atoms with E-state index in [1.165, 1.54) is 6.08 Å². The van der Waals surface area contributed by atoms with E-state index in [0.29, 0.717) is 31.6 Å². The van der Waals surface area contributed by atoms with Crippen LogP contribution in [0.5, 0.6) is 0 Å². The number of carbonyl (C=O) groups excluding carboxylic acids is 2. The molecular weight excluding hydrogens is 296 g/mol. The molecule has 0 radical (unpaired) electrons. The molecule has 0 bridgehead atoms. The van der Waals surface area contributed by atoms with E-state index in [9.17, 15) is 9.59 Å². The van der Waals surface area contributed by atoms with E-state index < -0.39 is 0 Å². The second kappa shape index (κ2) is 9.11. The molecular formula is C15H18N6O2. The third-order valence-electron chi connectivity index (χ3n) is 2.94. The van der Waals surface area contributed by atoms with Crippen LogP contribution in [0, 0.1) is 0 Å². The summed E-state index contributed by atoms with van der Waals surface area (Å²) in [5, 5.41) is 2.78. The number of aliphatic imine (C=N–C) groups is 1. The smallest absolute Gasteiger partial charge is 0.253 e. The predicted octanol–water partition coefficient (Wildman–Crippen LogP) is 0.871. The van der Waals surface area contributed by atoms with Crippen molar-refractivity contribution in [2.45, 2.75) is 25.7 Å². The monoisotopic (exact) mass is 314 g/mol. The van der Waals surface area contributed by atoms with Gasteiger partial charge in [-0.2, -0.15) is 4.99 Å². The fourth-order valence-electron chi connectivity index (χ4n) is 1.82. The lowest BCUT2D eigenvalue weighted by atomic mass is 10.2. The fourth-order valence-corrected chi connectivity index (χ4v) is 1.82. The SMILES string of the molecule is O=C(CCCC(=O)NCCc1ncc[nH]1)N=C=Cc1ncc[nH]1. The molecule has 0 saturated carbocycles. The number of nitrogens with zero attached hydrogens (tertiary/aromatic N) is 3. The van der Waals surface area contributed by atoms with Crippen LogP contribution in [-0.4, -0.2) is 44.2 Å². The molecule has 0 aliphatic rings. The topological polar surface area (TPSA) is 116 Å². The minimum Gasteiger partial charge on any atom is -0.356 e. The number of H-pyrrole nitrogens is 2. The number of hydrogen-bond acceptors (Lipinski definition) is 4. The van der Waals surface area contributed by atoms with Crippen LogP contribution in [-0.2, 0) is 16.0 Å². The van der Waals surface area contributed by atoms with Crippen molar-refractivity contribution in [2.24, 2.45) is 4.99 Å². The zero-order valence-electron chi connectivity index (χ0n) is 12.6. The molecule has 0 aliphatic heterocycles. The van der Waals surface area contributed by atoms with E-state index in [0.717, 1.165) is 5.82 Å². The average molecular weight is 314 g/mol. The minimum atomic E-state index is -0.309. The van der Waals surface area contributed by atoms with Crippen molar-refractivity contribution in [3.8, 4) is 0 Å². The van der Waals surface area contributed by atoms with E-state index in [1.807, 2.05) is 0 Å². The summed E-state index contributed by atoms with van der Waals surface area (Å²) in [6, 6.07) is 0. The summed E-state index contributed by atoms with van der Waals surface area (Å²) in [5.74, 6) is 3.54. The number of hydrogen-bond donors (Lipinski definition) is 3. The van der Waals surface area contributed by atoms with Crippen LogP contribution in [0.4, 0.5) is 0 Å². The maximum Gasteiger partial charge on any atom is 0.253 e. The van der Waals surface area contributed by atoms with Gasteiger partial charge in [0.25, 0.3) is 5.91 Å². The molecule has 8 nitrogen and oxygen atoms in total. The van der Waals surface area contributed by atoms with Crippen molar-refractivity contribution in [3.05, 3.63) is 36.4 Å². The molecule has 8 heteroatoms. The van der Waals surface area contributed by atoms with Gasteiger partial charge in [-0.25, -0.2) is 9.97 Å². The van der Waals surface area contributed by atoms with E-state index in [-0.39, 0.29) is 18.2 Å². The highest BCUT2D eigenvalue weighted by Gasteiger charge is 2.04. The van der Waals surface area contributed by atoms with Crippen LogP contribution in [0.25, 0.3) is 6.08 Å². The first kappa shape index (κ1) is 16.4. The van der Waals surface area contributed by atoms with E-state index in [2.05, 4.69) is 36.1 Å². The third-order valence-corrected chi connectivity index (χ3v) is 2.94. The van der Waals surface area contributed by atoms with E-state index >= 15 is 0 Å². The summed E-state index contributed by atoms with van der Waals surface area (Å²) in [5.41, 5.74) is 0. The van der Waals surface area contributed by atoms with Gasteiger partial charge < -0.3 is 15.3 Å². The van der Waals surface area contributed by atoms with Crippen LogP contribution in [0.3, 0.4) is 0 Å². The lowest BCUT2D eigenvalue weighted by molar-refractivity contribution is -0.121. The maximum absolute atomic E-state index is 11.6. The average Bonchev–Trinajstić information content (AvgIpc) is 3.20. The second-order valence-corrected chi connectivity index (χ2v) is 4.74. The number of aromatic amines is 2. The first-order chi connectivity index (χ1) is 11.2. The van der Waals surface area contributed by atoms with Gasteiger partial charge in [0.05, 0.1) is 0 Å². The molecule has 2 heterocycles. The van der Waals surface area contributed by atoms with Gasteiger partial charge >= 0.3 is 0 Å². The molecule has 120 valence electrons. The van der Waals surface area contributed by atoms with Crippen LogP contribution in [0.1, 0.15) is 30.9 Å². The van der Waals surface area contributed by atoms with Crippen molar-refractivity contribution < 1.29 is 9.59 Å². The Bertz CT molecular complexity index is 669. The predicted molar refractivity (Wildman–Crippen MR) is 84.6 cm³/mol. The van der Waals surface area contributed by atoms with Crippen LogP contribution in [0.2, 0.25) is 0 Å². The molecule has 2 rings (SSSR count). The number of aromatic nitrogens is 4. The normalized spacial score (nSPS) is 9.91. The number of rotatable bonds is 8. The van der Waals surface area contributed by atoms with E-state index in [4.69, 9.17) is 0 Å². The summed E-state index contributed by atoms with van der Waals surface area (Å²) in [6.45, 7) is 0.518. The molecule has 2 amide bonds. The highest BCUT2D eigenvalue weighted by molar-refractivity contribution is 5.88. The number of amides is 2. The Hall–Kier alpha value is -2.99. The molecule has 0 aromatic carbocycles. The Morgan fingerprint density at radius 1 is 1.22 bits per heavy atom. The van der Waals surface area contributed by atoms with Crippen LogP contribution < -0.4 is 5.32 Å². The summed E-state index contributed by atoms with van der Waals surface area (Å²) in [6.07, 6.45) is 9.77. The molecule has 2 aromatic rings. The molecule has 0 unspecified atom stereocenters. The molecule has 3 N–H and O–H groups in total. The summed E-state index contributed by atoms with van der Waals surface area (Å²) in [7, 11) is 0. The second-order valence-electron chi connectivity index (χ2n) is 4.74. The molecule has 0 aliphatic carbocycles.